The van der Waals surface area contributed by atoms with Gasteiger partial charge < -0.3 is 15.0 Å². The van der Waals surface area contributed by atoms with Gasteiger partial charge in [-0.05, 0) is 54.8 Å². The van der Waals surface area contributed by atoms with Crippen LogP contribution in [-0.2, 0) is 11.2 Å². The second-order valence-corrected chi connectivity index (χ2v) is 11.7. The van der Waals surface area contributed by atoms with Crippen LogP contribution in [0.3, 0.4) is 0 Å². The van der Waals surface area contributed by atoms with E-state index in [2.05, 4.69) is 9.88 Å². The van der Waals surface area contributed by atoms with E-state index in [1.165, 1.54) is 6.42 Å². The Bertz CT molecular complexity index is 2000. The van der Waals surface area contributed by atoms with E-state index in [0.29, 0.717) is 17.1 Å². The first kappa shape index (κ1) is 28.4. The number of hydrogen-bond donors (Lipinski definition) is 2. The van der Waals surface area contributed by atoms with Crippen molar-refractivity contribution in [3.63, 3.8) is 0 Å². The number of nitrogens with one attached hydrogen (secondary N) is 1. The van der Waals surface area contributed by atoms with Crippen LogP contribution >= 0.6 is 0 Å². The van der Waals surface area contributed by atoms with Crippen LogP contribution in [0.2, 0.25) is 0 Å². The minimum Gasteiger partial charge on any atom is -0.480 e. The highest BCUT2D eigenvalue weighted by Gasteiger charge is 2.25. The molecule has 0 spiro atoms. The number of amides is 1. The summed E-state index contributed by atoms with van der Waals surface area (Å²) >= 11 is 0. The standard InChI is InChI=1S/C37H33N5O3/c43-36(41-32(37(44)45)20-24-10-4-1-5-11-24)27-17-19-34-31(22-27)40-35(42(34)28-14-8-3-9-15-28)26-16-18-29-30(21-26)38-23-33(39-29)25-12-6-2-7-13-25/h1-2,4-7,10-13,16-19,21-23,28,32H,3,8-9,14-15,20H2,(H,41,43)(H,44,45)/t32-/m0/s1. The van der Waals surface area contributed by atoms with Crippen LogP contribution in [-0.4, -0.2) is 42.5 Å². The predicted octanol–water partition coefficient (Wildman–Crippen LogP) is 7.24. The van der Waals surface area contributed by atoms with Crippen LogP contribution in [0.5, 0.6) is 0 Å². The smallest absolute Gasteiger partial charge is 0.326 e. The van der Waals surface area contributed by atoms with Gasteiger partial charge in [0.1, 0.15) is 11.9 Å². The van der Waals surface area contributed by atoms with Gasteiger partial charge >= 0.3 is 5.97 Å². The predicted molar refractivity (Wildman–Crippen MR) is 175 cm³/mol. The fraction of sp³-hybridized carbons (Fsp3) is 0.216. The summed E-state index contributed by atoms with van der Waals surface area (Å²) in [6.45, 7) is 0. The lowest BCUT2D eigenvalue weighted by atomic mass is 9.94. The molecule has 1 aliphatic carbocycles. The fourth-order valence-electron chi connectivity index (χ4n) is 6.34. The summed E-state index contributed by atoms with van der Waals surface area (Å²) in [5.74, 6) is -0.686. The van der Waals surface area contributed by atoms with E-state index in [4.69, 9.17) is 15.0 Å². The molecule has 6 aromatic rings. The molecule has 45 heavy (non-hydrogen) atoms. The Morgan fingerprint density at radius 3 is 2.31 bits per heavy atom. The number of aromatic nitrogens is 4. The molecule has 0 aliphatic heterocycles. The summed E-state index contributed by atoms with van der Waals surface area (Å²) in [5, 5.41) is 12.5. The Balaban J connectivity index is 1.23. The quantitative estimate of drug-likeness (QED) is 0.192. The SMILES string of the molecule is O=C(N[C@@H](Cc1ccccc1)C(=O)O)c1ccc2c(c1)nc(-c1ccc3nc(-c4ccccc4)cnc3c1)n2C1CCCCC1. The average Bonchev–Trinajstić information content (AvgIpc) is 3.47. The fourth-order valence-corrected chi connectivity index (χ4v) is 6.34. The van der Waals surface area contributed by atoms with Gasteiger partial charge in [0, 0.05) is 29.2 Å². The maximum atomic E-state index is 13.3. The Morgan fingerprint density at radius 1 is 0.800 bits per heavy atom. The number of aliphatic carboxylic acids is 1. The number of rotatable bonds is 8. The first-order valence-electron chi connectivity index (χ1n) is 15.5. The minimum absolute atomic E-state index is 0.197. The van der Waals surface area contributed by atoms with Gasteiger partial charge in [-0.1, -0.05) is 79.9 Å². The molecule has 2 N–H and O–H groups in total. The van der Waals surface area contributed by atoms with E-state index < -0.39 is 17.9 Å². The van der Waals surface area contributed by atoms with Crippen molar-refractivity contribution in [1.29, 1.82) is 0 Å². The van der Waals surface area contributed by atoms with Crippen molar-refractivity contribution in [2.45, 2.75) is 50.6 Å². The molecule has 4 aromatic carbocycles. The molecule has 8 heteroatoms. The molecule has 0 unspecified atom stereocenters. The first-order valence-corrected chi connectivity index (χ1v) is 15.5. The second kappa shape index (κ2) is 12.3. The zero-order chi connectivity index (χ0) is 30.8. The van der Waals surface area contributed by atoms with Gasteiger partial charge in [-0.15, -0.1) is 0 Å². The van der Waals surface area contributed by atoms with Crippen LogP contribution in [0.25, 0.3) is 44.7 Å². The van der Waals surface area contributed by atoms with Crippen molar-refractivity contribution in [3.8, 4) is 22.6 Å². The van der Waals surface area contributed by atoms with E-state index in [1.807, 2.05) is 84.9 Å². The monoisotopic (exact) mass is 595 g/mol. The normalized spacial score (nSPS) is 14.4. The Kier molecular flexibility index (Phi) is 7.78. The topological polar surface area (TPSA) is 110 Å². The van der Waals surface area contributed by atoms with E-state index >= 15 is 0 Å². The van der Waals surface area contributed by atoms with Gasteiger partial charge in [0.05, 0.1) is 34.0 Å². The summed E-state index contributed by atoms with van der Waals surface area (Å²) in [6.07, 6.45) is 7.68. The molecule has 1 saturated carbocycles. The van der Waals surface area contributed by atoms with Crippen LogP contribution in [0.4, 0.5) is 0 Å². The number of carboxylic acids is 1. The van der Waals surface area contributed by atoms with Crippen molar-refractivity contribution in [2.24, 2.45) is 0 Å². The maximum absolute atomic E-state index is 13.3. The maximum Gasteiger partial charge on any atom is 0.326 e. The van der Waals surface area contributed by atoms with Gasteiger partial charge in [0.15, 0.2) is 0 Å². The number of carbonyl (C=O) groups excluding carboxylic acids is 1. The summed E-state index contributed by atoms with van der Waals surface area (Å²) in [5.41, 5.74) is 7.24. The lowest BCUT2D eigenvalue weighted by Gasteiger charge is -2.25. The Labute approximate surface area is 260 Å². The van der Waals surface area contributed by atoms with Crippen LogP contribution < -0.4 is 5.32 Å². The average molecular weight is 596 g/mol. The summed E-state index contributed by atoms with van der Waals surface area (Å²) < 4.78 is 2.32. The van der Waals surface area contributed by atoms with Crippen LogP contribution in [0.15, 0.2) is 103 Å². The third kappa shape index (κ3) is 5.91. The van der Waals surface area contributed by atoms with E-state index in [9.17, 15) is 14.7 Å². The Morgan fingerprint density at radius 2 is 1.56 bits per heavy atom. The van der Waals surface area contributed by atoms with Crippen LogP contribution in [0.1, 0.15) is 54.1 Å². The lowest BCUT2D eigenvalue weighted by molar-refractivity contribution is -0.139. The van der Waals surface area contributed by atoms with E-state index in [1.54, 1.807) is 18.3 Å². The van der Waals surface area contributed by atoms with Crippen molar-refractivity contribution in [2.75, 3.05) is 0 Å². The number of carbonyl (C=O) groups is 2. The van der Waals surface area contributed by atoms with Crippen LogP contribution in [0, 0.1) is 0 Å². The molecule has 1 fully saturated rings. The third-order valence-corrected chi connectivity index (χ3v) is 8.65. The van der Waals surface area contributed by atoms with Crippen molar-refractivity contribution < 1.29 is 14.7 Å². The van der Waals surface area contributed by atoms with Gasteiger partial charge in [-0.25, -0.2) is 14.8 Å². The molecule has 2 aromatic heterocycles. The zero-order valence-electron chi connectivity index (χ0n) is 24.8. The number of nitrogens with zero attached hydrogens (tertiary/aromatic N) is 4. The highest BCUT2D eigenvalue weighted by molar-refractivity contribution is 5.99. The van der Waals surface area contributed by atoms with E-state index in [-0.39, 0.29) is 6.42 Å². The molecule has 1 amide bonds. The minimum atomic E-state index is -1.08. The summed E-state index contributed by atoms with van der Waals surface area (Å²) in [6, 6.07) is 30.1. The Hall–Kier alpha value is -5.37. The number of benzene rings is 4. The molecular weight excluding hydrogens is 562 g/mol. The molecule has 224 valence electrons. The molecule has 8 nitrogen and oxygen atoms in total. The lowest BCUT2D eigenvalue weighted by Crippen LogP contribution is -2.42. The number of fused-ring (bicyclic) bond motifs is 2. The number of carboxylic acid groups (broad SMARTS) is 1. The zero-order valence-corrected chi connectivity index (χ0v) is 24.8. The molecule has 0 bridgehead atoms. The summed E-state index contributed by atoms with van der Waals surface area (Å²) in [7, 11) is 0. The molecular formula is C37H33N5O3. The number of imidazole rings is 1. The van der Waals surface area contributed by atoms with Gasteiger partial charge in [-0.2, -0.15) is 0 Å². The second-order valence-electron chi connectivity index (χ2n) is 11.7. The van der Waals surface area contributed by atoms with E-state index in [0.717, 1.165) is 70.4 Å². The van der Waals surface area contributed by atoms with Crippen molar-refractivity contribution in [1.82, 2.24) is 24.8 Å². The molecule has 1 atom stereocenters. The first-order chi connectivity index (χ1) is 22.0. The molecule has 0 radical (unpaired) electrons. The third-order valence-electron chi connectivity index (χ3n) is 8.65. The highest BCUT2D eigenvalue weighted by Crippen LogP contribution is 2.37. The molecule has 0 saturated heterocycles. The molecule has 7 rings (SSSR count). The number of hydrogen-bond acceptors (Lipinski definition) is 5. The molecule has 2 heterocycles. The van der Waals surface area contributed by atoms with Gasteiger partial charge in [0.25, 0.3) is 5.91 Å². The van der Waals surface area contributed by atoms with Crippen molar-refractivity contribution >= 4 is 33.9 Å². The summed E-state index contributed by atoms with van der Waals surface area (Å²) in [4.78, 5) is 40.0. The largest absolute Gasteiger partial charge is 0.480 e. The van der Waals surface area contributed by atoms with Gasteiger partial charge in [0.2, 0.25) is 0 Å². The molecule has 1 aliphatic rings. The van der Waals surface area contributed by atoms with Gasteiger partial charge in [-0.3, -0.25) is 9.78 Å². The highest BCUT2D eigenvalue weighted by atomic mass is 16.4. The van der Waals surface area contributed by atoms with Crippen molar-refractivity contribution in [3.05, 3.63) is 114 Å².